The number of aliphatic hydroxyl groups is 8. The smallest absolute Gasteiger partial charge is 0.397 e. The molecule has 6 heterocycles. The van der Waals surface area contributed by atoms with E-state index in [1.807, 2.05) is 5.32 Å². The van der Waals surface area contributed by atoms with Gasteiger partial charge in [-0.2, -0.15) is 68.4 Å². The maximum Gasteiger partial charge on any atom is 0.397 e. The third-order valence-electron chi connectivity index (χ3n) is 14.7. The molecule has 0 spiro atoms. The molecule has 6 aliphatic rings. The molecule has 1 amide bonds. The molecule has 588 valence electrons. The van der Waals surface area contributed by atoms with Gasteiger partial charge >= 0.3 is 90.5 Å². The second kappa shape index (κ2) is 33.1. The van der Waals surface area contributed by atoms with E-state index in [-0.39, 0.29) is 0 Å². The highest BCUT2D eigenvalue weighted by Crippen LogP contribution is 2.40. The largest absolute Gasteiger partial charge is 0.479 e. The van der Waals surface area contributed by atoms with Crippen molar-refractivity contribution >= 4 is 96.4 Å². The average molecular weight is 1630 g/mol. The van der Waals surface area contributed by atoms with Crippen LogP contribution in [0.1, 0.15) is 13.8 Å². The monoisotopic (exact) mass is 1630 g/mol. The molecule has 62 heteroatoms. The van der Waals surface area contributed by atoms with E-state index in [9.17, 15) is 166 Å². The lowest BCUT2D eigenvalue weighted by Gasteiger charge is -2.50. The van der Waals surface area contributed by atoms with Gasteiger partial charge in [0.15, 0.2) is 62.2 Å². The van der Waals surface area contributed by atoms with E-state index >= 15 is 0 Å². The number of carbonyl (C=O) groups excluding carboxylic acids is 1. The third-order valence-corrected chi connectivity index (χ3v) is 18.1. The number of amides is 1. The number of carbonyl (C=O) groups is 4. The second-order valence-corrected chi connectivity index (χ2v) is 29.6. The minimum absolute atomic E-state index is 0.734. The van der Waals surface area contributed by atoms with Gasteiger partial charge in [-0.15, -0.1) is 0 Å². The highest BCUT2D eigenvalue weighted by molar-refractivity contribution is 7.84. The molecule has 0 aromatic heterocycles. The van der Waals surface area contributed by atoms with Crippen molar-refractivity contribution in [2.24, 2.45) is 5.92 Å². The van der Waals surface area contributed by atoms with Crippen LogP contribution >= 0.6 is 0 Å². The van der Waals surface area contributed by atoms with Gasteiger partial charge in [0, 0.05) is 12.8 Å². The van der Waals surface area contributed by atoms with Gasteiger partial charge in [-0.25, -0.2) is 35.3 Å². The van der Waals surface area contributed by atoms with Gasteiger partial charge in [-0.05, 0) is 0 Å². The third kappa shape index (κ3) is 23.6. The molecular weight excluding hydrogens is 1570 g/mol. The van der Waals surface area contributed by atoms with Gasteiger partial charge in [0.25, 0.3) is 0 Å². The lowest BCUT2D eigenvalue weighted by Crippen LogP contribution is -2.71. The molecule has 0 aromatic carbocycles. The van der Waals surface area contributed by atoms with E-state index in [0.717, 1.165) is 18.6 Å². The maximum absolute atomic E-state index is 13.1. The minimum Gasteiger partial charge on any atom is -0.479 e. The molecule has 6 rings (SSSR count). The van der Waals surface area contributed by atoms with Crippen molar-refractivity contribution in [3.63, 3.8) is 0 Å². The molecule has 0 aliphatic carbocycles. The van der Waals surface area contributed by atoms with Crippen molar-refractivity contribution in [3.8, 4) is 0 Å². The van der Waals surface area contributed by atoms with Gasteiger partial charge < -0.3 is 114 Å². The summed E-state index contributed by atoms with van der Waals surface area (Å²) in [6.07, 6.45) is -72.9. The Morgan fingerprint density at radius 3 is 1.13 bits per heavy atom. The van der Waals surface area contributed by atoms with Crippen LogP contribution in [0.5, 0.6) is 0 Å². The number of ether oxygens (including phenoxy) is 11. The van der Waals surface area contributed by atoms with Gasteiger partial charge in [0.1, 0.15) is 110 Å². The number of hydrogen-bond donors (Lipinski definition) is 21. The van der Waals surface area contributed by atoms with Crippen molar-refractivity contribution in [1.29, 1.82) is 0 Å². The predicted molar refractivity (Wildman–Crippen MR) is 293 cm³/mol. The van der Waals surface area contributed by atoms with Crippen LogP contribution < -0.4 is 14.8 Å². The van der Waals surface area contributed by atoms with E-state index < -0.39 is 300 Å². The Bertz CT molecular complexity index is 3760. The Morgan fingerprint density at radius 1 is 0.356 bits per heavy atom. The Labute approximate surface area is 565 Å². The highest BCUT2D eigenvalue weighted by Gasteiger charge is 2.62. The van der Waals surface area contributed by atoms with Gasteiger partial charge in [-0.1, -0.05) is 6.92 Å². The van der Waals surface area contributed by atoms with E-state index in [4.69, 9.17) is 52.1 Å². The van der Waals surface area contributed by atoms with E-state index in [0.29, 0.717) is 0 Å². The number of hydrogen-bond acceptors (Lipinski definition) is 42. The number of rotatable bonds is 31. The molecule has 1 unspecified atom stereocenters. The minimum atomic E-state index is -6.39. The van der Waals surface area contributed by atoms with Crippen molar-refractivity contribution in [3.05, 3.63) is 0 Å². The maximum atomic E-state index is 13.1. The van der Waals surface area contributed by atoms with Crippen LogP contribution in [0.4, 0.5) is 0 Å². The molecule has 6 aliphatic heterocycles. The van der Waals surface area contributed by atoms with Crippen molar-refractivity contribution in [1.82, 2.24) is 14.8 Å². The molecule has 0 aromatic rings. The van der Waals surface area contributed by atoms with Crippen molar-refractivity contribution < 1.29 is 239 Å². The Balaban J connectivity index is 1.39. The van der Waals surface area contributed by atoms with Crippen LogP contribution in [0.15, 0.2) is 0 Å². The predicted octanol–water partition coefficient (Wildman–Crippen LogP) is -14.5. The quantitative estimate of drug-likeness (QED) is 0.0287. The summed E-state index contributed by atoms with van der Waals surface area (Å²) in [5.74, 6) is -9.25. The van der Waals surface area contributed by atoms with Crippen molar-refractivity contribution in [2.75, 3.05) is 19.8 Å². The highest BCUT2D eigenvalue weighted by atomic mass is 32.3. The molecule has 0 radical (unpaired) electrons. The summed E-state index contributed by atoms with van der Waals surface area (Å²) in [4.78, 5) is 50.8. The fourth-order valence-electron chi connectivity index (χ4n) is 10.6. The number of carboxylic acid groups (broad SMARTS) is 3. The van der Waals surface area contributed by atoms with E-state index in [1.54, 1.807) is 0 Å². The molecule has 6 fully saturated rings. The first-order valence-electron chi connectivity index (χ1n) is 27.2. The number of carboxylic acids is 3. The van der Waals surface area contributed by atoms with Crippen LogP contribution in [0.25, 0.3) is 0 Å². The normalized spacial score (nSPS) is 40.3. The van der Waals surface area contributed by atoms with E-state index in [2.05, 4.69) is 20.9 Å². The van der Waals surface area contributed by atoms with Gasteiger partial charge in [0.05, 0.1) is 25.9 Å². The summed E-state index contributed by atoms with van der Waals surface area (Å²) in [6, 6.07) is -8.14. The molecule has 101 heavy (non-hydrogen) atoms. The van der Waals surface area contributed by atoms with E-state index in [1.165, 1.54) is 4.72 Å². The summed E-state index contributed by atoms with van der Waals surface area (Å²) in [5.41, 5.74) is 0. The summed E-state index contributed by atoms with van der Waals surface area (Å²) in [5, 5.41) is 123. The number of aliphatic hydroxyl groups excluding tert-OH is 8. The topological polar surface area (TPSA) is 855 Å². The van der Waals surface area contributed by atoms with Crippen LogP contribution in [-0.4, -0.2) is 369 Å². The standard InChI is InChI=1S/C39H63N3O52S7/c1-6-14(44)18(48)37(85-21(6)31(51)52)86-23-9(4-80-98(67,68)69)83-35(12(16(23)46)40-7(2)43)89-26-17(47)19(49)38(91-29(26)32(53)54)88-24-10(5-81-99(70,71)72)84-36(13(42-96(61,62)63)25(24)93-100(73,74)75)90-27-20(50)28(94-101(76,77)78)39(92-30(27)33(55)56)87-22-8(3-79-97(64,65)66)82-34(57)11(15(22)45)41-95(58,59)60/h6,8-30,34-39,41-42,44-50,57H,3-5H2,1-2H3,(H,40,43)(H,51,52)(H,53,54)(H,55,56)(H,58,59,60)(H,61,62,63)(H,64,65,66)(H,67,68,69)(H,70,71,72)(H,73,74,75)(H,76,77,78)/t6-,8+,9+,10+,11+,12+,13+,14-,15+,16+,17+,18+,19+,20-,21+,22+,23+,24+,25+,26-,27-,28+,29-,30+,34?,35+,36+,37-,38+,39+/m0/s1. The van der Waals surface area contributed by atoms with Crippen LogP contribution in [0.2, 0.25) is 0 Å². The van der Waals surface area contributed by atoms with Crippen molar-refractivity contribution in [2.45, 2.75) is 192 Å². The SMILES string of the molecule is CC(=O)N[C@H]1[C@@H](O[C@H]2[C@H](O)[C@@H](O)[C@H](O[C@H]3[C@H](OS(=O)(=O)O)[C@@H](NS(=O)(=O)O)[C@@H](O[C@H]4[C@H](O)[C@@H](OS(=O)(=O)O)[C@H](O[C@H]5[C@H](O)[C@@H](NS(=O)(=O)O)C(O)O[C@@H]5COS(=O)(=O)O)O[C@H]4C(=O)O)O[C@@H]3COS(=O)(=O)O)O[C@@H]2C(=O)O)O[C@H](COS(=O)(=O)O)[C@@H](O[C@@H]2O[C@@H](C(=O)O)[C@@H](C)[C@H](O)[C@H]2O)[C@@H]1O. The average Bonchev–Trinajstić information content (AvgIpc) is 0.770. The molecule has 21 N–H and O–H groups in total. The first-order valence-corrected chi connectivity index (χ1v) is 36.9. The Morgan fingerprint density at radius 2 is 0.703 bits per heavy atom. The molecule has 0 saturated carbocycles. The number of aliphatic carboxylic acids is 3. The fraction of sp³-hybridized carbons (Fsp3) is 0.897. The zero-order chi connectivity index (χ0) is 76.7. The zero-order valence-corrected chi connectivity index (χ0v) is 55.4. The molecule has 30 atom stereocenters. The molecule has 0 bridgehead atoms. The molecule has 6 saturated heterocycles. The summed E-state index contributed by atoms with van der Waals surface area (Å²) in [7, 11) is -41.4. The molecular formula is C39H63N3O52S7. The fourth-order valence-corrected chi connectivity index (χ4v) is 13.7. The zero-order valence-electron chi connectivity index (χ0n) is 49.7. The summed E-state index contributed by atoms with van der Waals surface area (Å²) >= 11 is 0. The first-order chi connectivity index (χ1) is 45.9. The van der Waals surface area contributed by atoms with Gasteiger partial charge in [-0.3, -0.25) is 36.7 Å². The summed E-state index contributed by atoms with van der Waals surface area (Å²) < 4.78 is 321. The first kappa shape index (κ1) is 86.1. The second-order valence-electron chi connectivity index (χ2n) is 21.8. The van der Waals surface area contributed by atoms with Gasteiger partial charge in [0.2, 0.25) is 5.91 Å². The Kier molecular flexibility index (Phi) is 28.3. The van der Waals surface area contributed by atoms with Crippen LogP contribution in [-0.2, 0) is 165 Å². The molecule has 55 nitrogen and oxygen atoms in total. The lowest BCUT2D eigenvalue weighted by atomic mass is 9.90. The van der Waals surface area contributed by atoms with Crippen LogP contribution in [0, 0.1) is 5.92 Å². The summed E-state index contributed by atoms with van der Waals surface area (Å²) in [6.45, 7) is -3.38. The van der Waals surface area contributed by atoms with Crippen LogP contribution in [0.3, 0.4) is 0 Å². The number of nitrogens with one attached hydrogen (secondary N) is 3. The Hall–Kier alpha value is -3.79. The lowest BCUT2D eigenvalue weighted by molar-refractivity contribution is -0.376.